The number of rotatable bonds is 3. The zero-order valence-corrected chi connectivity index (χ0v) is 9.38. The molecule has 2 aromatic rings. The van der Waals surface area contributed by atoms with E-state index in [2.05, 4.69) is 6.92 Å². The first-order valence-corrected chi connectivity index (χ1v) is 5.86. The lowest BCUT2D eigenvalue weighted by atomic mass is 10.1. The van der Waals surface area contributed by atoms with Crippen LogP contribution in [0.4, 0.5) is 0 Å². The van der Waals surface area contributed by atoms with E-state index in [9.17, 15) is 4.79 Å². The molecule has 0 aliphatic carbocycles. The summed E-state index contributed by atoms with van der Waals surface area (Å²) in [5.41, 5.74) is 1.57. The maximum Gasteiger partial charge on any atom is 0.193 e. The van der Waals surface area contributed by atoms with Gasteiger partial charge in [0.1, 0.15) is 0 Å². The van der Waals surface area contributed by atoms with E-state index in [0.29, 0.717) is 0 Å². The third-order valence-electron chi connectivity index (χ3n) is 2.30. The van der Waals surface area contributed by atoms with Crippen LogP contribution in [0, 0.1) is 0 Å². The minimum Gasteiger partial charge on any atom is -0.289 e. The highest BCUT2D eigenvalue weighted by atomic mass is 32.1. The van der Waals surface area contributed by atoms with Gasteiger partial charge in [-0.25, -0.2) is 0 Å². The Labute approximate surface area is 93.4 Å². The minimum atomic E-state index is 0.117. The van der Waals surface area contributed by atoms with Crippen molar-refractivity contribution in [3.8, 4) is 0 Å². The molecule has 0 aliphatic heterocycles. The van der Waals surface area contributed by atoms with Gasteiger partial charge in [0.25, 0.3) is 0 Å². The Hall–Kier alpha value is -1.41. The topological polar surface area (TPSA) is 17.1 Å². The molecule has 0 atom stereocenters. The Morgan fingerprint density at radius 3 is 2.53 bits per heavy atom. The van der Waals surface area contributed by atoms with Crippen LogP contribution in [0.3, 0.4) is 0 Å². The van der Waals surface area contributed by atoms with Crippen LogP contribution in [0.25, 0.3) is 0 Å². The lowest BCUT2D eigenvalue weighted by molar-refractivity contribution is 0.103. The van der Waals surface area contributed by atoms with Crippen molar-refractivity contribution in [1.82, 2.24) is 0 Å². The molecule has 76 valence electrons. The van der Waals surface area contributed by atoms with Crippen molar-refractivity contribution in [1.29, 1.82) is 0 Å². The number of benzene rings is 1. The average Bonchev–Trinajstić information content (AvgIpc) is 2.78. The molecule has 0 aliphatic rings. The third-order valence-corrected chi connectivity index (χ3v) is 3.38. The molecule has 1 nitrogen and oxygen atoms in total. The quantitative estimate of drug-likeness (QED) is 0.717. The fourth-order valence-electron chi connectivity index (χ4n) is 1.44. The van der Waals surface area contributed by atoms with Gasteiger partial charge in [0.2, 0.25) is 0 Å². The molecule has 0 saturated carbocycles. The molecular weight excluding hydrogens is 204 g/mol. The molecule has 15 heavy (non-hydrogen) atoms. The van der Waals surface area contributed by atoms with Gasteiger partial charge in [-0.2, -0.15) is 0 Å². The molecule has 0 fully saturated rings. The van der Waals surface area contributed by atoms with Crippen molar-refractivity contribution < 1.29 is 4.79 Å². The van der Waals surface area contributed by atoms with E-state index in [-0.39, 0.29) is 5.78 Å². The second kappa shape index (κ2) is 4.41. The van der Waals surface area contributed by atoms with Crippen molar-refractivity contribution in [2.24, 2.45) is 0 Å². The molecule has 0 radical (unpaired) electrons. The summed E-state index contributed by atoms with van der Waals surface area (Å²) in [5.74, 6) is 0.117. The monoisotopic (exact) mass is 216 g/mol. The normalized spacial score (nSPS) is 10.2. The Balaban J connectivity index is 2.29. The van der Waals surface area contributed by atoms with Crippen molar-refractivity contribution in [2.75, 3.05) is 0 Å². The highest BCUT2D eigenvalue weighted by Gasteiger charge is 2.09. The van der Waals surface area contributed by atoms with Crippen LogP contribution in [0.2, 0.25) is 0 Å². The van der Waals surface area contributed by atoms with Crippen LogP contribution < -0.4 is 0 Å². The Morgan fingerprint density at radius 2 is 1.93 bits per heavy atom. The van der Waals surface area contributed by atoms with Gasteiger partial charge in [0.05, 0.1) is 0 Å². The van der Waals surface area contributed by atoms with Crippen LogP contribution in [0.1, 0.15) is 27.7 Å². The maximum absolute atomic E-state index is 12.0. The Bertz CT molecular complexity index is 456. The second-order valence-corrected chi connectivity index (χ2v) is 4.35. The number of thiophene rings is 1. The van der Waals surface area contributed by atoms with E-state index in [1.54, 1.807) is 11.3 Å². The Kier molecular flexibility index (Phi) is 2.97. The van der Waals surface area contributed by atoms with Crippen LogP contribution in [-0.2, 0) is 6.42 Å². The van der Waals surface area contributed by atoms with Crippen LogP contribution in [0.15, 0.2) is 41.8 Å². The lowest BCUT2D eigenvalue weighted by Gasteiger charge is -1.96. The van der Waals surface area contributed by atoms with Crippen molar-refractivity contribution in [3.05, 3.63) is 57.8 Å². The van der Waals surface area contributed by atoms with Gasteiger partial charge in [0, 0.05) is 21.4 Å². The van der Waals surface area contributed by atoms with Crippen LogP contribution >= 0.6 is 11.3 Å². The largest absolute Gasteiger partial charge is 0.289 e. The molecule has 2 rings (SSSR count). The summed E-state index contributed by atoms with van der Waals surface area (Å²) >= 11 is 1.65. The van der Waals surface area contributed by atoms with Gasteiger partial charge in [-0.1, -0.05) is 37.3 Å². The molecule has 1 aromatic carbocycles. The number of carbonyl (C=O) groups is 1. The van der Waals surface area contributed by atoms with E-state index < -0.39 is 0 Å². The van der Waals surface area contributed by atoms with Gasteiger partial charge in [-0.3, -0.25) is 4.79 Å². The van der Waals surface area contributed by atoms with E-state index >= 15 is 0 Å². The highest BCUT2D eigenvalue weighted by Crippen LogP contribution is 2.18. The fraction of sp³-hybridized carbons (Fsp3) is 0.154. The summed E-state index contributed by atoms with van der Waals surface area (Å²) in [7, 11) is 0. The number of ketones is 1. The van der Waals surface area contributed by atoms with Gasteiger partial charge >= 0.3 is 0 Å². The second-order valence-electron chi connectivity index (χ2n) is 3.35. The number of carbonyl (C=O) groups excluding carboxylic acids is 1. The Morgan fingerprint density at radius 1 is 1.20 bits per heavy atom. The predicted molar refractivity (Wildman–Crippen MR) is 63.6 cm³/mol. The predicted octanol–water partition coefficient (Wildman–Crippen LogP) is 3.54. The smallest absolute Gasteiger partial charge is 0.193 e. The highest BCUT2D eigenvalue weighted by molar-refractivity contribution is 7.10. The zero-order chi connectivity index (χ0) is 10.7. The molecular formula is C13H12OS. The summed E-state index contributed by atoms with van der Waals surface area (Å²) in [4.78, 5) is 13.2. The number of hydrogen-bond donors (Lipinski definition) is 0. The number of aryl methyl sites for hydroxylation is 1. The summed E-state index contributed by atoms with van der Waals surface area (Å²) in [6, 6.07) is 11.4. The maximum atomic E-state index is 12.0. The first-order valence-electron chi connectivity index (χ1n) is 4.98. The molecule has 0 spiro atoms. The van der Waals surface area contributed by atoms with E-state index in [1.165, 1.54) is 4.88 Å². The zero-order valence-electron chi connectivity index (χ0n) is 8.57. The van der Waals surface area contributed by atoms with Gasteiger partial charge in [-0.15, -0.1) is 11.3 Å². The van der Waals surface area contributed by atoms with E-state index in [0.717, 1.165) is 17.5 Å². The van der Waals surface area contributed by atoms with Gasteiger partial charge in [-0.05, 0) is 12.5 Å². The van der Waals surface area contributed by atoms with Crippen molar-refractivity contribution in [2.45, 2.75) is 13.3 Å². The van der Waals surface area contributed by atoms with Gasteiger partial charge in [0.15, 0.2) is 5.78 Å². The van der Waals surface area contributed by atoms with Crippen LogP contribution in [0.5, 0.6) is 0 Å². The SMILES string of the molecule is CCc1cc(C(=O)c2ccccc2)cs1. The van der Waals surface area contributed by atoms with E-state index in [1.807, 2.05) is 41.8 Å². The summed E-state index contributed by atoms with van der Waals surface area (Å²) in [5, 5.41) is 1.94. The number of hydrogen-bond acceptors (Lipinski definition) is 2. The molecule has 0 N–H and O–H groups in total. The van der Waals surface area contributed by atoms with Crippen molar-refractivity contribution in [3.63, 3.8) is 0 Å². The fourth-order valence-corrected chi connectivity index (χ4v) is 2.26. The molecule has 1 aromatic heterocycles. The average molecular weight is 216 g/mol. The van der Waals surface area contributed by atoms with Crippen LogP contribution in [-0.4, -0.2) is 5.78 Å². The standard InChI is InChI=1S/C13H12OS/c1-2-12-8-11(9-15-12)13(14)10-6-4-3-5-7-10/h3-9H,2H2,1H3. The molecule has 0 saturated heterocycles. The first-order chi connectivity index (χ1) is 7.31. The molecule has 0 bridgehead atoms. The first kappa shape index (κ1) is 10.1. The molecule has 1 heterocycles. The molecule has 0 unspecified atom stereocenters. The van der Waals surface area contributed by atoms with Gasteiger partial charge < -0.3 is 0 Å². The lowest BCUT2D eigenvalue weighted by Crippen LogP contribution is -1.98. The minimum absolute atomic E-state index is 0.117. The summed E-state index contributed by atoms with van der Waals surface area (Å²) in [6.45, 7) is 2.10. The molecule has 0 amide bonds. The van der Waals surface area contributed by atoms with Crippen molar-refractivity contribution >= 4 is 17.1 Å². The summed E-state index contributed by atoms with van der Waals surface area (Å²) in [6.07, 6.45) is 0.993. The third kappa shape index (κ3) is 2.16. The van der Waals surface area contributed by atoms with E-state index in [4.69, 9.17) is 0 Å². The molecule has 2 heteroatoms. The summed E-state index contributed by atoms with van der Waals surface area (Å²) < 4.78 is 0.